The normalized spacial score (nSPS) is 11.6. The minimum Gasteiger partial charge on any atom is -0.336 e. The van der Waals surface area contributed by atoms with E-state index in [1.807, 2.05) is 42.5 Å². The molecule has 9 heteroatoms. The summed E-state index contributed by atoms with van der Waals surface area (Å²) >= 11 is 0. The average Bonchev–Trinajstić information content (AvgIpc) is 3.20. The number of hydrogen-bond donors (Lipinski definition) is 0. The number of halogens is 4. The van der Waals surface area contributed by atoms with Crippen LogP contribution in [0.5, 0.6) is 0 Å². The Labute approximate surface area is 174 Å². The zero-order valence-corrected chi connectivity index (χ0v) is 16.3. The number of fused-ring (bicyclic) bond motifs is 1. The molecule has 0 spiro atoms. The van der Waals surface area contributed by atoms with Crippen molar-refractivity contribution in [2.75, 3.05) is 7.05 Å². The third-order valence-corrected chi connectivity index (χ3v) is 4.85. The van der Waals surface area contributed by atoms with Crippen molar-refractivity contribution >= 4 is 16.7 Å². The first-order chi connectivity index (χ1) is 14.8. The van der Waals surface area contributed by atoms with E-state index in [1.165, 1.54) is 7.05 Å². The molecule has 5 nitrogen and oxygen atoms in total. The van der Waals surface area contributed by atoms with Gasteiger partial charge in [-0.2, -0.15) is 13.2 Å². The lowest BCUT2D eigenvalue weighted by molar-refractivity contribution is -0.143. The third-order valence-electron chi connectivity index (χ3n) is 4.85. The van der Waals surface area contributed by atoms with E-state index < -0.39 is 29.3 Å². The highest BCUT2D eigenvalue weighted by molar-refractivity contribution is 5.94. The smallest absolute Gasteiger partial charge is 0.336 e. The largest absolute Gasteiger partial charge is 0.435 e. The van der Waals surface area contributed by atoms with Gasteiger partial charge in [-0.3, -0.25) is 4.79 Å². The first kappa shape index (κ1) is 20.5. The minimum absolute atomic E-state index is 0.0584. The van der Waals surface area contributed by atoms with E-state index in [9.17, 15) is 22.4 Å². The van der Waals surface area contributed by atoms with Crippen molar-refractivity contribution in [1.82, 2.24) is 19.9 Å². The number of nitrogens with zero attached hydrogens (tertiary/aromatic N) is 4. The molecule has 0 radical (unpaired) electrons. The Balaban J connectivity index is 1.70. The van der Waals surface area contributed by atoms with Crippen LogP contribution in [0.1, 0.15) is 21.7 Å². The van der Waals surface area contributed by atoms with Crippen LogP contribution in [-0.4, -0.2) is 32.8 Å². The fraction of sp³-hybridized carbons (Fsp3) is 0.136. The van der Waals surface area contributed by atoms with Gasteiger partial charge in [0, 0.05) is 13.6 Å². The van der Waals surface area contributed by atoms with Crippen molar-refractivity contribution in [3.05, 3.63) is 89.5 Å². The van der Waals surface area contributed by atoms with Crippen LogP contribution in [0.2, 0.25) is 0 Å². The van der Waals surface area contributed by atoms with E-state index in [1.54, 1.807) is 0 Å². The van der Waals surface area contributed by atoms with Crippen LogP contribution in [0.25, 0.3) is 16.5 Å². The van der Waals surface area contributed by atoms with Gasteiger partial charge < -0.3 is 4.90 Å². The highest BCUT2D eigenvalue weighted by atomic mass is 19.4. The maximum atomic E-state index is 13.8. The minimum atomic E-state index is -4.90. The van der Waals surface area contributed by atoms with E-state index in [0.29, 0.717) is 4.68 Å². The van der Waals surface area contributed by atoms with Crippen molar-refractivity contribution in [2.24, 2.45) is 0 Å². The number of aromatic nitrogens is 3. The average molecular weight is 428 g/mol. The lowest BCUT2D eigenvalue weighted by atomic mass is 10.0. The molecule has 0 bridgehead atoms. The maximum Gasteiger partial charge on any atom is 0.435 e. The molecule has 0 atom stereocenters. The predicted octanol–water partition coefficient (Wildman–Crippen LogP) is 4.85. The second-order valence-corrected chi connectivity index (χ2v) is 6.97. The molecule has 0 N–H and O–H groups in total. The summed E-state index contributed by atoms with van der Waals surface area (Å²) in [5, 5.41) is 8.89. The van der Waals surface area contributed by atoms with Gasteiger partial charge in [0.25, 0.3) is 5.91 Å². The number of amides is 1. The molecule has 1 heterocycles. The molecule has 0 unspecified atom stereocenters. The van der Waals surface area contributed by atoms with E-state index in [0.717, 1.165) is 45.5 Å². The Kier molecular flexibility index (Phi) is 5.18. The Morgan fingerprint density at radius 1 is 1.00 bits per heavy atom. The van der Waals surface area contributed by atoms with Gasteiger partial charge in [-0.1, -0.05) is 47.7 Å². The van der Waals surface area contributed by atoms with Gasteiger partial charge >= 0.3 is 6.18 Å². The molecular formula is C22H16F4N4O. The number of benzene rings is 3. The molecule has 0 aliphatic rings. The molecule has 0 fully saturated rings. The van der Waals surface area contributed by atoms with Crippen LogP contribution in [0.4, 0.5) is 17.6 Å². The standard InChI is InChI=1S/C22H16F4N4O/c1-29(13-15-7-4-6-14-5-2-3-8-18(14)15)21(31)19-20(22(24,25)26)30(28-27-19)17-11-9-16(23)10-12-17/h2-12H,13H2,1H3. The first-order valence-corrected chi connectivity index (χ1v) is 9.26. The summed E-state index contributed by atoms with van der Waals surface area (Å²) < 4.78 is 55.1. The fourth-order valence-electron chi connectivity index (χ4n) is 3.38. The van der Waals surface area contributed by atoms with Crippen LogP contribution in [0.3, 0.4) is 0 Å². The highest BCUT2D eigenvalue weighted by Gasteiger charge is 2.42. The molecule has 1 aromatic heterocycles. The zero-order valence-electron chi connectivity index (χ0n) is 16.3. The topological polar surface area (TPSA) is 51.0 Å². The number of carbonyl (C=O) groups is 1. The Bertz CT molecular complexity index is 1240. The first-order valence-electron chi connectivity index (χ1n) is 9.26. The van der Waals surface area contributed by atoms with Crippen LogP contribution >= 0.6 is 0 Å². The maximum absolute atomic E-state index is 13.8. The number of alkyl halides is 3. The second kappa shape index (κ2) is 7.82. The van der Waals surface area contributed by atoms with Crippen molar-refractivity contribution in [1.29, 1.82) is 0 Å². The highest BCUT2D eigenvalue weighted by Crippen LogP contribution is 2.33. The molecule has 0 aliphatic carbocycles. The fourth-order valence-corrected chi connectivity index (χ4v) is 3.38. The Morgan fingerprint density at radius 2 is 1.68 bits per heavy atom. The van der Waals surface area contributed by atoms with Crippen molar-refractivity contribution in [3.8, 4) is 5.69 Å². The summed E-state index contributed by atoms with van der Waals surface area (Å²) in [6.45, 7) is 0.0842. The molecule has 3 aromatic carbocycles. The number of carbonyl (C=O) groups excluding carboxylic acids is 1. The summed E-state index contributed by atoms with van der Waals surface area (Å²) in [6, 6.07) is 17.3. The lowest BCUT2D eigenvalue weighted by Crippen LogP contribution is -2.29. The van der Waals surface area contributed by atoms with Gasteiger partial charge in [-0.15, -0.1) is 5.10 Å². The second-order valence-electron chi connectivity index (χ2n) is 6.97. The molecule has 4 aromatic rings. The van der Waals surface area contributed by atoms with Gasteiger partial charge in [0.1, 0.15) is 5.82 Å². The summed E-state index contributed by atoms with van der Waals surface area (Å²) in [5.41, 5.74) is -1.40. The molecule has 31 heavy (non-hydrogen) atoms. The summed E-state index contributed by atoms with van der Waals surface area (Å²) in [5.74, 6) is -1.53. The van der Waals surface area contributed by atoms with Crippen molar-refractivity contribution < 1.29 is 22.4 Å². The number of rotatable bonds is 4. The van der Waals surface area contributed by atoms with Crippen LogP contribution in [-0.2, 0) is 12.7 Å². The van der Waals surface area contributed by atoms with Crippen LogP contribution in [0.15, 0.2) is 66.7 Å². The molecule has 4 rings (SSSR count). The van der Waals surface area contributed by atoms with E-state index in [2.05, 4.69) is 10.3 Å². The Hall–Kier alpha value is -3.75. The molecule has 0 saturated heterocycles. The monoisotopic (exact) mass is 428 g/mol. The van der Waals surface area contributed by atoms with Gasteiger partial charge in [-0.25, -0.2) is 9.07 Å². The quantitative estimate of drug-likeness (QED) is 0.437. The van der Waals surface area contributed by atoms with E-state index in [-0.39, 0.29) is 12.2 Å². The van der Waals surface area contributed by atoms with E-state index >= 15 is 0 Å². The molecular weight excluding hydrogens is 412 g/mol. The summed E-state index contributed by atoms with van der Waals surface area (Å²) in [7, 11) is 1.40. The van der Waals surface area contributed by atoms with E-state index in [4.69, 9.17) is 0 Å². The molecule has 0 aliphatic heterocycles. The summed E-state index contributed by atoms with van der Waals surface area (Å²) in [6.07, 6.45) is -4.90. The van der Waals surface area contributed by atoms with Gasteiger partial charge in [-0.05, 0) is 40.6 Å². The third kappa shape index (κ3) is 3.98. The van der Waals surface area contributed by atoms with Gasteiger partial charge in [0.05, 0.1) is 5.69 Å². The van der Waals surface area contributed by atoms with Crippen LogP contribution < -0.4 is 0 Å². The Morgan fingerprint density at radius 3 is 2.39 bits per heavy atom. The molecule has 158 valence electrons. The summed E-state index contributed by atoms with van der Waals surface area (Å²) in [4.78, 5) is 14.1. The zero-order chi connectivity index (χ0) is 22.2. The molecule has 1 amide bonds. The lowest BCUT2D eigenvalue weighted by Gasteiger charge is -2.18. The van der Waals surface area contributed by atoms with Crippen molar-refractivity contribution in [2.45, 2.75) is 12.7 Å². The number of hydrogen-bond acceptors (Lipinski definition) is 3. The van der Waals surface area contributed by atoms with Crippen LogP contribution in [0, 0.1) is 5.82 Å². The van der Waals surface area contributed by atoms with Crippen molar-refractivity contribution in [3.63, 3.8) is 0 Å². The predicted molar refractivity (Wildman–Crippen MR) is 106 cm³/mol. The molecule has 0 saturated carbocycles. The SMILES string of the molecule is CN(Cc1cccc2ccccc12)C(=O)c1nnn(-c2ccc(F)cc2)c1C(F)(F)F. The van der Waals surface area contributed by atoms with Gasteiger partial charge in [0.2, 0.25) is 0 Å². The van der Waals surface area contributed by atoms with Gasteiger partial charge in [0.15, 0.2) is 11.4 Å².